The second kappa shape index (κ2) is 7.31. The average Bonchev–Trinajstić information content (AvgIpc) is 3.50. The summed E-state index contributed by atoms with van der Waals surface area (Å²) in [5, 5.41) is 15.0. The van der Waals surface area contributed by atoms with Crippen molar-refractivity contribution in [2.75, 3.05) is 12.0 Å². The molecule has 0 aromatic carbocycles. The van der Waals surface area contributed by atoms with Crippen LogP contribution in [0.2, 0.25) is 0 Å². The number of aliphatic hydroxyl groups excluding tert-OH is 1. The minimum absolute atomic E-state index is 0.109. The van der Waals surface area contributed by atoms with Crippen LogP contribution in [0.1, 0.15) is 44.9 Å². The molecular weight excluding hydrogens is 406 g/mol. The standard InChI is InChI=1S/C21H19N3O7/c1-9-8-13(23-31-9)24-17(12-6-5-7-30-12)15(19(26)20(24)27)18(25)14-10(2)16(21(28)29-4)22-11(14)3/h5-8,17,22,25H,1-4H3/b18-15+. The summed E-state index contributed by atoms with van der Waals surface area (Å²) in [6.45, 7) is 4.88. The van der Waals surface area contributed by atoms with Gasteiger partial charge < -0.3 is 23.8 Å². The number of amides is 1. The van der Waals surface area contributed by atoms with Crippen LogP contribution in [0.15, 0.2) is 39.0 Å². The molecule has 3 aromatic heterocycles. The lowest BCUT2D eigenvalue weighted by atomic mass is 9.97. The molecular formula is C21H19N3O7. The van der Waals surface area contributed by atoms with E-state index in [1.54, 1.807) is 32.9 Å². The molecule has 1 atom stereocenters. The van der Waals surface area contributed by atoms with E-state index in [1.165, 1.54) is 19.4 Å². The Labute approximate surface area is 176 Å². The van der Waals surface area contributed by atoms with Crippen LogP contribution < -0.4 is 4.90 Å². The number of aliphatic hydroxyl groups is 1. The molecule has 10 nitrogen and oxygen atoms in total. The molecule has 0 aliphatic carbocycles. The molecule has 1 aliphatic rings. The summed E-state index contributed by atoms with van der Waals surface area (Å²) in [6.07, 6.45) is 1.39. The Morgan fingerprint density at radius 2 is 2.03 bits per heavy atom. The molecule has 31 heavy (non-hydrogen) atoms. The SMILES string of the molecule is COC(=O)c1[nH]c(C)c(/C(O)=C2\C(=O)C(=O)N(c3cc(C)on3)C2c2ccco2)c1C. The number of H-pyrrole nitrogens is 1. The van der Waals surface area contributed by atoms with Crippen LogP contribution in [0.3, 0.4) is 0 Å². The van der Waals surface area contributed by atoms with Crippen LogP contribution in [0.25, 0.3) is 5.76 Å². The molecule has 1 saturated heterocycles. The van der Waals surface area contributed by atoms with Crippen LogP contribution in [-0.4, -0.2) is 40.0 Å². The van der Waals surface area contributed by atoms with Crippen molar-refractivity contribution in [3.8, 4) is 0 Å². The normalized spacial score (nSPS) is 18.1. The Bertz CT molecular complexity index is 1230. The molecule has 1 amide bonds. The summed E-state index contributed by atoms with van der Waals surface area (Å²) in [7, 11) is 1.24. The fraction of sp³-hybridized carbons (Fsp3) is 0.238. The van der Waals surface area contributed by atoms with E-state index < -0.39 is 29.5 Å². The Morgan fingerprint density at radius 1 is 1.29 bits per heavy atom. The maximum Gasteiger partial charge on any atom is 0.354 e. The third-order valence-electron chi connectivity index (χ3n) is 5.18. The van der Waals surface area contributed by atoms with Crippen molar-refractivity contribution < 1.29 is 33.2 Å². The largest absolute Gasteiger partial charge is 0.507 e. The van der Waals surface area contributed by atoms with Crippen LogP contribution >= 0.6 is 0 Å². The molecule has 160 valence electrons. The van der Waals surface area contributed by atoms with Gasteiger partial charge in [0.25, 0.3) is 5.78 Å². The highest BCUT2D eigenvalue weighted by Crippen LogP contribution is 2.43. The third kappa shape index (κ3) is 3.03. The predicted molar refractivity (Wildman–Crippen MR) is 106 cm³/mol. The minimum Gasteiger partial charge on any atom is -0.507 e. The highest BCUT2D eigenvalue weighted by molar-refractivity contribution is 6.51. The molecule has 0 spiro atoms. The Kier molecular flexibility index (Phi) is 4.77. The summed E-state index contributed by atoms with van der Waals surface area (Å²) < 4.78 is 15.3. The number of nitrogens with one attached hydrogen (secondary N) is 1. The van der Waals surface area contributed by atoms with Crippen LogP contribution in [-0.2, 0) is 14.3 Å². The van der Waals surface area contributed by atoms with Gasteiger partial charge in [0.2, 0.25) is 0 Å². The average molecular weight is 425 g/mol. The number of rotatable bonds is 4. The molecule has 4 rings (SSSR count). The number of aryl methyl sites for hydroxylation is 2. The zero-order valence-corrected chi connectivity index (χ0v) is 17.2. The first-order valence-corrected chi connectivity index (χ1v) is 9.31. The Morgan fingerprint density at radius 3 is 2.61 bits per heavy atom. The molecule has 0 radical (unpaired) electrons. The number of aromatic amines is 1. The van der Waals surface area contributed by atoms with Crippen molar-refractivity contribution in [3.63, 3.8) is 0 Å². The molecule has 1 unspecified atom stereocenters. The van der Waals surface area contributed by atoms with Gasteiger partial charge >= 0.3 is 11.9 Å². The number of ether oxygens (including phenoxy) is 1. The number of ketones is 1. The zero-order chi connectivity index (χ0) is 22.4. The predicted octanol–water partition coefficient (Wildman–Crippen LogP) is 2.93. The molecule has 4 heterocycles. The maximum absolute atomic E-state index is 13.0. The van der Waals surface area contributed by atoms with E-state index in [0.717, 1.165) is 4.90 Å². The number of carbonyl (C=O) groups excluding carboxylic acids is 3. The van der Waals surface area contributed by atoms with Crippen molar-refractivity contribution >= 4 is 29.2 Å². The number of nitrogens with zero attached hydrogens (tertiary/aromatic N) is 2. The van der Waals surface area contributed by atoms with Crippen molar-refractivity contribution in [2.24, 2.45) is 0 Å². The van der Waals surface area contributed by atoms with Gasteiger partial charge in [-0.15, -0.1) is 0 Å². The lowest BCUT2D eigenvalue weighted by Crippen LogP contribution is -2.29. The molecule has 1 fully saturated rings. The number of Topliss-reactive ketones (excluding diaryl/α,β-unsaturated/α-hetero) is 1. The van der Waals surface area contributed by atoms with Gasteiger partial charge in [0.05, 0.1) is 18.9 Å². The van der Waals surface area contributed by atoms with Crippen molar-refractivity contribution in [3.05, 3.63) is 64.1 Å². The van der Waals surface area contributed by atoms with E-state index in [9.17, 15) is 19.5 Å². The molecule has 0 bridgehead atoms. The van der Waals surface area contributed by atoms with E-state index in [1.807, 2.05) is 0 Å². The van der Waals surface area contributed by atoms with E-state index in [-0.39, 0.29) is 28.4 Å². The van der Waals surface area contributed by atoms with E-state index in [0.29, 0.717) is 17.0 Å². The summed E-state index contributed by atoms with van der Waals surface area (Å²) in [6, 6.07) is 3.62. The lowest BCUT2D eigenvalue weighted by Gasteiger charge is -2.20. The number of anilines is 1. The maximum atomic E-state index is 13.0. The quantitative estimate of drug-likeness (QED) is 0.281. The third-order valence-corrected chi connectivity index (χ3v) is 5.18. The smallest absolute Gasteiger partial charge is 0.354 e. The highest BCUT2D eigenvalue weighted by Gasteiger charge is 2.49. The van der Waals surface area contributed by atoms with Crippen molar-refractivity contribution in [1.29, 1.82) is 0 Å². The van der Waals surface area contributed by atoms with Gasteiger partial charge in [0.1, 0.15) is 29.0 Å². The summed E-state index contributed by atoms with van der Waals surface area (Å²) in [5.41, 5.74) is 0.978. The fourth-order valence-electron chi connectivity index (χ4n) is 3.80. The first kappa shape index (κ1) is 20.2. The number of esters is 1. The van der Waals surface area contributed by atoms with Crippen molar-refractivity contribution in [1.82, 2.24) is 10.1 Å². The molecule has 3 aromatic rings. The molecule has 2 N–H and O–H groups in total. The van der Waals surface area contributed by atoms with Gasteiger partial charge in [-0.2, -0.15) is 0 Å². The molecule has 10 heteroatoms. The minimum atomic E-state index is -1.07. The van der Waals surface area contributed by atoms with Crippen LogP contribution in [0, 0.1) is 20.8 Å². The number of methoxy groups -OCH3 is 1. The Balaban J connectivity index is 1.95. The summed E-state index contributed by atoms with van der Waals surface area (Å²) in [4.78, 5) is 42.0. The second-order valence-electron chi connectivity index (χ2n) is 7.10. The Hall–Kier alpha value is -4.08. The van der Waals surface area contributed by atoms with Gasteiger partial charge in [-0.25, -0.2) is 4.79 Å². The number of hydrogen-bond acceptors (Lipinski definition) is 8. The van der Waals surface area contributed by atoms with Crippen LogP contribution in [0.5, 0.6) is 0 Å². The van der Waals surface area contributed by atoms with Gasteiger partial charge in [-0.1, -0.05) is 5.16 Å². The number of aromatic nitrogens is 2. The van der Waals surface area contributed by atoms with E-state index in [2.05, 4.69) is 10.1 Å². The topological polar surface area (TPSA) is 139 Å². The fourth-order valence-corrected chi connectivity index (χ4v) is 3.80. The van der Waals surface area contributed by atoms with Crippen LogP contribution in [0.4, 0.5) is 5.82 Å². The number of furan rings is 1. The monoisotopic (exact) mass is 425 g/mol. The molecule has 1 aliphatic heterocycles. The van der Waals surface area contributed by atoms with Gasteiger partial charge in [0.15, 0.2) is 5.82 Å². The first-order chi connectivity index (χ1) is 14.8. The van der Waals surface area contributed by atoms with Gasteiger partial charge in [0, 0.05) is 17.3 Å². The second-order valence-corrected chi connectivity index (χ2v) is 7.10. The number of carbonyl (C=O) groups is 3. The summed E-state index contributed by atoms with van der Waals surface area (Å²) in [5.74, 6) is -2.08. The van der Waals surface area contributed by atoms with Gasteiger partial charge in [-0.05, 0) is 38.5 Å². The summed E-state index contributed by atoms with van der Waals surface area (Å²) >= 11 is 0. The first-order valence-electron chi connectivity index (χ1n) is 9.31. The lowest BCUT2D eigenvalue weighted by molar-refractivity contribution is -0.132. The van der Waals surface area contributed by atoms with Crippen molar-refractivity contribution in [2.45, 2.75) is 26.8 Å². The molecule has 0 saturated carbocycles. The number of hydrogen-bond donors (Lipinski definition) is 2. The van der Waals surface area contributed by atoms with E-state index in [4.69, 9.17) is 13.7 Å². The highest BCUT2D eigenvalue weighted by atomic mass is 16.5. The zero-order valence-electron chi connectivity index (χ0n) is 17.2. The van der Waals surface area contributed by atoms with E-state index >= 15 is 0 Å². The van der Waals surface area contributed by atoms with Gasteiger partial charge in [-0.3, -0.25) is 14.5 Å².